The van der Waals surface area contributed by atoms with E-state index >= 15 is 0 Å². The predicted octanol–water partition coefficient (Wildman–Crippen LogP) is 2.58. The van der Waals surface area contributed by atoms with Crippen LogP contribution in [0.5, 0.6) is 0 Å². The highest BCUT2D eigenvalue weighted by Gasteiger charge is 2.70. The fourth-order valence-corrected chi connectivity index (χ4v) is 3.64. The molecule has 4 unspecified atom stereocenters. The highest BCUT2D eigenvalue weighted by atomic mass is 14.8. The van der Waals surface area contributed by atoms with Crippen LogP contribution in [-0.4, -0.2) is 12.4 Å². The Morgan fingerprint density at radius 1 is 1.15 bits per heavy atom. The van der Waals surface area contributed by atoms with E-state index in [1.807, 2.05) is 0 Å². The lowest BCUT2D eigenvalue weighted by Crippen LogP contribution is -2.48. The summed E-state index contributed by atoms with van der Waals surface area (Å²) < 4.78 is 0. The molecule has 2 N–H and O–H groups in total. The third-order valence-corrected chi connectivity index (χ3v) is 5.03. The monoisotopic (exact) mass is 178 g/mol. The second kappa shape index (κ2) is 2.23. The summed E-state index contributed by atoms with van der Waals surface area (Å²) in [5.41, 5.74) is 0.610. The maximum atomic E-state index is 7.46. The first-order valence-electron chi connectivity index (χ1n) is 5.00. The van der Waals surface area contributed by atoms with Crippen LogP contribution >= 0.6 is 0 Å². The van der Waals surface area contributed by atoms with Crippen molar-refractivity contribution in [3.63, 3.8) is 0 Å². The van der Waals surface area contributed by atoms with Crippen molar-refractivity contribution in [3.05, 3.63) is 0 Å². The van der Waals surface area contributed by atoms with Crippen molar-refractivity contribution in [1.29, 1.82) is 10.8 Å². The van der Waals surface area contributed by atoms with Crippen LogP contribution in [-0.2, 0) is 0 Å². The average Bonchev–Trinajstić information content (AvgIpc) is 2.48. The summed E-state index contributed by atoms with van der Waals surface area (Å²) in [6, 6.07) is 0. The number of hydrogen-bond donors (Lipinski definition) is 2. The van der Waals surface area contributed by atoms with Gasteiger partial charge >= 0.3 is 0 Å². The molecular weight excluding hydrogens is 160 g/mol. The van der Waals surface area contributed by atoms with Crippen LogP contribution in [0.4, 0.5) is 0 Å². The molecular formula is C11H18N2. The normalized spacial score (nSPS) is 51.2. The summed E-state index contributed by atoms with van der Waals surface area (Å²) in [7, 11) is 0. The molecule has 13 heavy (non-hydrogen) atoms. The zero-order valence-corrected chi connectivity index (χ0v) is 8.59. The molecule has 0 saturated heterocycles. The maximum absolute atomic E-state index is 7.46. The molecule has 0 radical (unpaired) electrons. The second-order valence-electron chi connectivity index (χ2n) is 5.39. The van der Waals surface area contributed by atoms with Crippen LogP contribution in [0.1, 0.15) is 27.2 Å². The van der Waals surface area contributed by atoms with Gasteiger partial charge < -0.3 is 10.8 Å². The topological polar surface area (TPSA) is 47.7 Å². The molecule has 0 aliphatic heterocycles. The summed E-state index contributed by atoms with van der Waals surface area (Å²) in [5, 5.41) is 14.9. The Kier molecular flexibility index (Phi) is 1.53. The third-order valence-electron chi connectivity index (χ3n) is 5.03. The van der Waals surface area contributed by atoms with Crippen molar-refractivity contribution in [2.24, 2.45) is 28.6 Å². The van der Waals surface area contributed by atoms with E-state index in [4.69, 9.17) is 10.8 Å². The number of hydrogen-bond acceptors (Lipinski definition) is 2. The lowest BCUT2D eigenvalue weighted by molar-refractivity contribution is -0.0501. The van der Waals surface area contributed by atoms with Crippen LogP contribution in [0.3, 0.4) is 0 Å². The average molecular weight is 178 g/mol. The smallest absolute Gasteiger partial charge is 0.00748 e. The van der Waals surface area contributed by atoms with Gasteiger partial charge in [0, 0.05) is 11.8 Å². The molecule has 2 nitrogen and oxygen atoms in total. The predicted molar refractivity (Wildman–Crippen MR) is 54.5 cm³/mol. The summed E-state index contributed by atoms with van der Waals surface area (Å²) >= 11 is 0. The van der Waals surface area contributed by atoms with E-state index in [1.54, 1.807) is 12.4 Å². The molecule has 3 aliphatic rings. The fraction of sp³-hybridized carbons (Fsp3) is 0.818. The zero-order valence-electron chi connectivity index (χ0n) is 8.59. The lowest BCUT2D eigenvalue weighted by atomic mass is 9.50. The molecule has 0 amide bonds. The highest BCUT2D eigenvalue weighted by molar-refractivity contribution is 5.72. The minimum Gasteiger partial charge on any atom is -0.313 e. The minimum atomic E-state index is 0.279. The molecule has 0 aromatic heterocycles. The van der Waals surface area contributed by atoms with Gasteiger partial charge in [0.25, 0.3) is 0 Å². The summed E-state index contributed by atoms with van der Waals surface area (Å²) in [6.45, 7) is 6.87. The molecule has 3 rings (SSSR count). The number of rotatable bonds is 2. The maximum Gasteiger partial charge on any atom is 0.00748 e. The van der Waals surface area contributed by atoms with Gasteiger partial charge in [-0.1, -0.05) is 20.8 Å². The Balaban J connectivity index is 2.41. The first kappa shape index (κ1) is 8.92. The van der Waals surface area contributed by atoms with Gasteiger partial charge in [0.2, 0.25) is 0 Å². The lowest BCUT2D eigenvalue weighted by Gasteiger charge is -2.54. The Morgan fingerprint density at radius 3 is 2.08 bits per heavy atom. The summed E-state index contributed by atoms with van der Waals surface area (Å²) in [6.07, 6.45) is 4.35. The van der Waals surface area contributed by atoms with E-state index in [9.17, 15) is 0 Å². The summed E-state index contributed by atoms with van der Waals surface area (Å²) in [5.74, 6) is 1.28. The van der Waals surface area contributed by atoms with E-state index in [2.05, 4.69) is 20.8 Å². The van der Waals surface area contributed by atoms with Crippen molar-refractivity contribution in [2.75, 3.05) is 0 Å². The number of nitrogens with one attached hydrogen (secondary N) is 2. The summed E-state index contributed by atoms with van der Waals surface area (Å²) in [4.78, 5) is 0. The molecule has 0 aromatic carbocycles. The zero-order chi connectivity index (χ0) is 9.85. The van der Waals surface area contributed by atoms with Crippen LogP contribution in [0.25, 0.3) is 0 Å². The first-order chi connectivity index (χ1) is 5.99. The Bertz CT molecular complexity index is 269. The molecule has 3 aliphatic carbocycles. The van der Waals surface area contributed by atoms with E-state index in [0.29, 0.717) is 23.2 Å². The van der Waals surface area contributed by atoms with Crippen LogP contribution < -0.4 is 0 Å². The van der Waals surface area contributed by atoms with Crippen molar-refractivity contribution < 1.29 is 0 Å². The first-order valence-corrected chi connectivity index (χ1v) is 5.00. The Hall–Kier alpha value is -0.660. The molecule has 2 heteroatoms. The van der Waals surface area contributed by atoms with Gasteiger partial charge in [0.15, 0.2) is 0 Å². The van der Waals surface area contributed by atoms with Crippen molar-refractivity contribution in [2.45, 2.75) is 27.2 Å². The molecule has 4 atom stereocenters. The second-order valence-corrected chi connectivity index (χ2v) is 5.39. The quantitative estimate of drug-likeness (QED) is 0.611. The van der Waals surface area contributed by atoms with Crippen LogP contribution in [0, 0.1) is 39.4 Å². The van der Waals surface area contributed by atoms with Gasteiger partial charge in [-0.3, -0.25) is 0 Å². The largest absolute Gasteiger partial charge is 0.313 e. The van der Waals surface area contributed by atoms with Gasteiger partial charge in [-0.15, -0.1) is 0 Å². The SMILES string of the molecule is CC1(C)C2CC1(C)C(C=N)C2C=N. The molecule has 3 saturated carbocycles. The Morgan fingerprint density at radius 2 is 1.77 bits per heavy atom. The molecule has 2 bridgehead atoms. The van der Waals surface area contributed by atoms with Gasteiger partial charge in [-0.2, -0.15) is 0 Å². The van der Waals surface area contributed by atoms with E-state index in [1.165, 1.54) is 6.42 Å². The van der Waals surface area contributed by atoms with Crippen molar-refractivity contribution >= 4 is 12.4 Å². The molecule has 0 aromatic rings. The fourth-order valence-electron chi connectivity index (χ4n) is 3.64. The minimum absolute atomic E-state index is 0.279. The van der Waals surface area contributed by atoms with E-state index in [-0.39, 0.29) is 5.41 Å². The van der Waals surface area contributed by atoms with Crippen molar-refractivity contribution in [3.8, 4) is 0 Å². The third kappa shape index (κ3) is 0.710. The molecule has 0 spiro atoms. The standard InChI is InChI=1S/C11H18N2/c1-10(2)8-4-11(10,3)9(6-13)7(8)5-12/h5-9,12-13H,4H2,1-3H3. The molecule has 3 fully saturated rings. The molecule has 0 heterocycles. The van der Waals surface area contributed by atoms with Crippen LogP contribution in [0.2, 0.25) is 0 Å². The van der Waals surface area contributed by atoms with E-state index in [0.717, 1.165) is 0 Å². The number of fused-ring (bicyclic) bond motifs is 1. The van der Waals surface area contributed by atoms with Gasteiger partial charge in [-0.05, 0) is 35.6 Å². The molecule has 72 valence electrons. The van der Waals surface area contributed by atoms with E-state index < -0.39 is 0 Å². The van der Waals surface area contributed by atoms with Gasteiger partial charge in [0.1, 0.15) is 0 Å². The van der Waals surface area contributed by atoms with Gasteiger partial charge in [-0.25, -0.2) is 0 Å². The van der Waals surface area contributed by atoms with Gasteiger partial charge in [0.05, 0.1) is 0 Å². The van der Waals surface area contributed by atoms with Crippen molar-refractivity contribution in [1.82, 2.24) is 0 Å². The highest BCUT2D eigenvalue weighted by Crippen LogP contribution is 2.74. The Labute approximate surface area is 79.7 Å². The van der Waals surface area contributed by atoms with Crippen LogP contribution in [0.15, 0.2) is 0 Å².